The van der Waals surface area contributed by atoms with Crippen molar-refractivity contribution in [3.63, 3.8) is 0 Å². The van der Waals surface area contributed by atoms with Crippen LogP contribution >= 0.6 is 11.6 Å². The molecule has 5 rings (SSSR count). The second kappa shape index (κ2) is 8.61. The fourth-order valence-corrected chi connectivity index (χ4v) is 4.16. The van der Waals surface area contributed by atoms with Crippen molar-refractivity contribution in [2.45, 2.75) is 6.54 Å². The number of aromatic nitrogens is 1. The molecule has 1 aromatic heterocycles. The van der Waals surface area contributed by atoms with Crippen LogP contribution in [0.5, 0.6) is 0 Å². The molecule has 1 fully saturated rings. The lowest BCUT2D eigenvalue weighted by molar-refractivity contribution is -0.122. The molecule has 1 N–H and O–H groups in total. The van der Waals surface area contributed by atoms with E-state index in [0.717, 1.165) is 33.5 Å². The third-order valence-corrected chi connectivity index (χ3v) is 5.97. The molecule has 0 unspecified atom stereocenters. The molecule has 4 aromatic rings. The number of urea groups is 1. The Morgan fingerprint density at radius 2 is 1.62 bits per heavy atom. The Hall–Kier alpha value is -4.23. The van der Waals surface area contributed by atoms with Crippen LogP contribution in [-0.2, 0) is 16.1 Å². The van der Waals surface area contributed by atoms with Gasteiger partial charge in [0.05, 0.1) is 5.69 Å². The summed E-state index contributed by atoms with van der Waals surface area (Å²) < 4.78 is 15.3. The number of amides is 4. The van der Waals surface area contributed by atoms with Crippen LogP contribution in [-0.4, -0.2) is 22.4 Å². The van der Waals surface area contributed by atoms with Crippen molar-refractivity contribution < 1.29 is 18.8 Å². The molecule has 0 bridgehead atoms. The van der Waals surface area contributed by atoms with Crippen LogP contribution in [0.25, 0.3) is 17.0 Å². The van der Waals surface area contributed by atoms with Crippen molar-refractivity contribution in [3.8, 4) is 0 Å². The number of halogens is 2. The number of benzene rings is 3. The molecule has 4 amide bonds. The summed E-state index contributed by atoms with van der Waals surface area (Å²) in [5.41, 5.74) is 2.40. The zero-order chi connectivity index (χ0) is 23.8. The number of rotatable bonds is 4. The summed E-state index contributed by atoms with van der Waals surface area (Å²) in [5, 5.41) is 3.65. The van der Waals surface area contributed by atoms with Crippen LogP contribution in [0.2, 0.25) is 5.02 Å². The minimum atomic E-state index is -0.889. The summed E-state index contributed by atoms with van der Waals surface area (Å²) in [6.45, 7) is 0.490. The van der Waals surface area contributed by atoms with Crippen LogP contribution in [0.1, 0.15) is 11.1 Å². The second-order valence-electron chi connectivity index (χ2n) is 7.76. The first-order valence-corrected chi connectivity index (χ1v) is 10.8. The lowest BCUT2D eigenvalue weighted by Gasteiger charge is -2.26. The van der Waals surface area contributed by atoms with Crippen LogP contribution in [0.3, 0.4) is 0 Å². The van der Waals surface area contributed by atoms with Gasteiger partial charge in [0.25, 0.3) is 11.8 Å². The molecule has 0 aliphatic carbocycles. The van der Waals surface area contributed by atoms with E-state index in [1.54, 1.807) is 0 Å². The summed E-state index contributed by atoms with van der Waals surface area (Å²) in [4.78, 5) is 39.0. The van der Waals surface area contributed by atoms with E-state index >= 15 is 0 Å². The van der Waals surface area contributed by atoms with Gasteiger partial charge in [0.15, 0.2) is 0 Å². The van der Waals surface area contributed by atoms with Crippen molar-refractivity contribution >= 4 is 52.1 Å². The number of hydrogen-bond acceptors (Lipinski definition) is 3. The van der Waals surface area contributed by atoms with Gasteiger partial charge in [-0.05, 0) is 48.0 Å². The summed E-state index contributed by atoms with van der Waals surface area (Å²) in [5.74, 6) is -2.09. The van der Waals surface area contributed by atoms with Crippen LogP contribution in [0.15, 0.2) is 84.6 Å². The van der Waals surface area contributed by atoms with Crippen LogP contribution < -0.4 is 10.2 Å². The zero-order valence-corrected chi connectivity index (χ0v) is 18.4. The number of carbonyl (C=O) groups excluding carboxylic acids is 3. The third kappa shape index (κ3) is 3.86. The van der Waals surface area contributed by atoms with Gasteiger partial charge in [-0.15, -0.1) is 0 Å². The quantitative estimate of drug-likeness (QED) is 0.329. The SMILES string of the molecule is O=C1NC(=O)N(c2ccc(F)cc2)C(=O)C1=Cc1cn(Cc2ccccc2Cl)c2ccccc12. The highest BCUT2D eigenvalue weighted by Crippen LogP contribution is 2.28. The third-order valence-electron chi connectivity index (χ3n) is 5.60. The number of anilines is 1. The van der Waals surface area contributed by atoms with Gasteiger partial charge in [0.2, 0.25) is 0 Å². The van der Waals surface area contributed by atoms with Gasteiger partial charge in [0.1, 0.15) is 11.4 Å². The maximum atomic E-state index is 13.3. The standard InChI is InChI=1S/C26H17ClFN3O3/c27-22-7-3-1-5-16(22)14-30-15-17(20-6-2-4-8-23(20)30)13-21-24(32)29-26(34)31(25(21)33)19-11-9-18(28)10-12-19/h1-13,15H,14H2,(H,29,32,34). The van der Waals surface area contributed by atoms with Gasteiger partial charge in [-0.1, -0.05) is 48.0 Å². The number of barbiturate groups is 1. The number of hydrogen-bond donors (Lipinski definition) is 1. The average molecular weight is 474 g/mol. The van der Waals surface area contributed by atoms with E-state index in [9.17, 15) is 18.8 Å². The number of nitrogens with zero attached hydrogens (tertiary/aromatic N) is 2. The van der Waals surface area contributed by atoms with E-state index in [0.29, 0.717) is 17.1 Å². The molecule has 6 nitrogen and oxygen atoms in total. The molecule has 0 saturated carbocycles. The highest BCUT2D eigenvalue weighted by atomic mass is 35.5. The summed E-state index contributed by atoms with van der Waals surface area (Å²) >= 11 is 6.34. The zero-order valence-electron chi connectivity index (χ0n) is 17.7. The van der Waals surface area contributed by atoms with E-state index in [1.807, 2.05) is 59.3 Å². The van der Waals surface area contributed by atoms with Gasteiger partial charge >= 0.3 is 6.03 Å². The first-order chi connectivity index (χ1) is 16.4. The molecule has 0 atom stereocenters. The number of nitrogens with one attached hydrogen (secondary N) is 1. The molecule has 0 radical (unpaired) electrons. The van der Waals surface area contributed by atoms with E-state index in [-0.39, 0.29) is 11.3 Å². The summed E-state index contributed by atoms with van der Waals surface area (Å²) in [6.07, 6.45) is 3.30. The minimum absolute atomic E-state index is 0.156. The van der Waals surface area contributed by atoms with E-state index in [2.05, 4.69) is 5.32 Å². The van der Waals surface area contributed by atoms with Crippen LogP contribution in [0, 0.1) is 5.82 Å². The molecule has 168 valence electrons. The Kier molecular flexibility index (Phi) is 5.47. The van der Waals surface area contributed by atoms with Gasteiger partial charge in [-0.25, -0.2) is 14.1 Å². The molecule has 1 saturated heterocycles. The number of imide groups is 2. The molecule has 2 heterocycles. The predicted octanol–water partition coefficient (Wildman–Crippen LogP) is 5.15. The summed E-state index contributed by atoms with van der Waals surface area (Å²) in [6, 6.07) is 19.1. The maximum Gasteiger partial charge on any atom is 0.335 e. The Labute approximate surface area is 198 Å². The molecule has 1 aliphatic rings. The second-order valence-corrected chi connectivity index (χ2v) is 8.16. The van der Waals surface area contributed by atoms with Crippen LogP contribution in [0.4, 0.5) is 14.9 Å². The van der Waals surface area contributed by atoms with Crippen molar-refractivity contribution in [2.75, 3.05) is 4.90 Å². The Morgan fingerprint density at radius 1 is 0.912 bits per heavy atom. The Balaban J connectivity index is 1.57. The monoisotopic (exact) mass is 473 g/mol. The highest BCUT2D eigenvalue weighted by Gasteiger charge is 2.37. The molecular weight excluding hydrogens is 457 g/mol. The van der Waals surface area contributed by atoms with Gasteiger partial charge < -0.3 is 4.57 Å². The largest absolute Gasteiger partial charge is 0.342 e. The van der Waals surface area contributed by atoms with Crippen molar-refractivity contribution in [3.05, 3.63) is 107 Å². The molecule has 3 aromatic carbocycles. The van der Waals surface area contributed by atoms with E-state index in [4.69, 9.17) is 11.6 Å². The molecule has 34 heavy (non-hydrogen) atoms. The fourth-order valence-electron chi connectivity index (χ4n) is 3.97. The highest BCUT2D eigenvalue weighted by molar-refractivity contribution is 6.39. The first kappa shape index (κ1) is 21.6. The van der Waals surface area contributed by atoms with Crippen molar-refractivity contribution in [1.82, 2.24) is 9.88 Å². The average Bonchev–Trinajstić information content (AvgIpc) is 3.16. The number of carbonyl (C=O) groups is 3. The Morgan fingerprint density at radius 3 is 2.38 bits per heavy atom. The molecule has 0 spiro atoms. The van der Waals surface area contributed by atoms with Crippen molar-refractivity contribution in [1.29, 1.82) is 0 Å². The maximum absolute atomic E-state index is 13.3. The molecule has 8 heteroatoms. The molecule has 1 aliphatic heterocycles. The number of para-hydroxylation sites is 1. The van der Waals surface area contributed by atoms with Gasteiger partial charge in [-0.3, -0.25) is 14.9 Å². The van der Waals surface area contributed by atoms with E-state index in [1.165, 1.54) is 18.2 Å². The fraction of sp³-hybridized carbons (Fsp3) is 0.0385. The van der Waals surface area contributed by atoms with Gasteiger partial charge in [0, 0.05) is 34.2 Å². The normalized spacial score (nSPS) is 15.3. The van der Waals surface area contributed by atoms with Gasteiger partial charge in [-0.2, -0.15) is 0 Å². The van der Waals surface area contributed by atoms with E-state index < -0.39 is 23.7 Å². The first-order valence-electron chi connectivity index (χ1n) is 10.4. The van der Waals surface area contributed by atoms with Crippen molar-refractivity contribution in [2.24, 2.45) is 0 Å². The lowest BCUT2D eigenvalue weighted by atomic mass is 10.1. The minimum Gasteiger partial charge on any atom is -0.342 e. The predicted molar refractivity (Wildman–Crippen MR) is 128 cm³/mol. The topological polar surface area (TPSA) is 71.4 Å². The number of fused-ring (bicyclic) bond motifs is 1. The smallest absolute Gasteiger partial charge is 0.335 e. The lowest BCUT2D eigenvalue weighted by Crippen LogP contribution is -2.54. The summed E-state index contributed by atoms with van der Waals surface area (Å²) in [7, 11) is 0. The molecular formula is C26H17ClFN3O3. The Bertz CT molecular complexity index is 1490.